The molecule has 0 bridgehead atoms. The Labute approximate surface area is 239 Å². The van der Waals surface area contributed by atoms with Gasteiger partial charge in [0.25, 0.3) is 11.8 Å². The number of rotatable bonds is 7. The Morgan fingerprint density at radius 2 is 1.78 bits per heavy atom. The first-order chi connectivity index (χ1) is 19.0. The molecule has 2 heterocycles. The number of halogens is 5. The van der Waals surface area contributed by atoms with Crippen molar-refractivity contribution < 1.29 is 31.9 Å². The van der Waals surface area contributed by atoms with Gasteiger partial charge in [-0.25, -0.2) is 22.5 Å². The number of alkyl halides is 2. The molecule has 2 aromatic carbocycles. The lowest BCUT2D eigenvalue weighted by Crippen LogP contribution is -2.56. The number of nitrogens with zero attached hydrogens (tertiary/aromatic N) is 3. The highest BCUT2D eigenvalue weighted by atomic mass is 35.5. The van der Waals surface area contributed by atoms with Gasteiger partial charge in [-0.15, -0.1) is 0 Å². The largest absolute Gasteiger partial charge is 0.351 e. The van der Waals surface area contributed by atoms with Crippen LogP contribution in [0, 0.1) is 11.6 Å². The summed E-state index contributed by atoms with van der Waals surface area (Å²) in [5.41, 5.74) is 0.150. The van der Waals surface area contributed by atoms with E-state index in [1.165, 1.54) is 30.3 Å². The van der Waals surface area contributed by atoms with Crippen molar-refractivity contribution in [3.8, 4) is 0 Å². The number of hydrogen-bond donors (Lipinski definition) is 1. The van der Waals surface area contributed by atoms with Crippen molar-refractivity contribution in [2.75, 3.05) is 9.80 Å². The Morgan fingerprint density at radius 3 is 2.41 bits per heavy atom. The lowest BCUT2D eigenvalue weighted by molar-refractivity contribution is -0.133. The summed E-state index contributed by atoms with van der Waals surface area (Å²) in [7, 11) is 0. The van der Waals surface area contributed by atoms with Crippen LogP contribution in [-0.4, -0.2) is 40.7 Å². The van der Waals surface area contributed by atoms with E-state index in [1.54, 1.807) is 12.1 Å². The van der Waals surface area contributed by atoms with Crippen LogP contribution in [0.2, 0.25) is 5.02 Å². The fourth-order valence-corrected chi connectivity index (χ4v) is 5.28. The number of nitrogens with one attached hydrogen (secondary N) is 1. The fraction of sp³-hybridized carbons (Fsp3) is 0.310. The van der Waals surface area contributed by atoms with Crippen LogP contribution in [0.1, 0.15) is 44.7 Å². The lowest BCUT2D eigenvalue weighted by Gasteiger charge is -2.39. The van der Waals surface area contributed by atoms with Gasteiger partial charge in [-0.05, 0) is 42.8 Å². The van der Waals surface area contributed by atoms with Crippen LogP contribution in [0.25, 0.3) is 0 Å². The highest BCUT2D eigenvalue weighted by Gasteiger charge is 2.48. The molecule has 1 saturated heterocycles. The zero-order chi connectivity index (χ0) is 28.6. The molecule has 3 aromatic rings. The zero-order valence-electron chi connectivity index (χ0n) is 20.9. The maximum Gasteiger partial charge on any atom is 0.252 e. The topological polar surface area (TPSA) is 82.6 Å². The molecule has 41 heavy (non-hydrogen) atoms. The van der Waals surface area contributed by atoms with Gasteiger partial charge in [0.2, 0.25) is 11.8 Å². The second-order valence-electron chi connectivity index (χ2n) is 9.73. The summed E-state index contributed by atoms with van der Waals surface area (Å²) < 4.78 is 55.1. The van der Waals surface area contributed by atoms with Gasteiger partial charge in [0.1, 0.15) is 29.5 Å². The fourth-order valence-electron chi connectivity index (χ4n) is 5.04. The summed E-state index contributed by atoms with van der Waals surface area (Å²) in [6, 6.07) is 9.96. The number of aromatic nitrogens is 1. The predicted octanol–water partition coefficient (Wildman–Crippen LogP) is 5.83. The molecule has 3 amide bonds. The van der Waals surface area contributed by atoms with E-state index in [0.717, 1.165) is 34.2 Å². The van der Waals surface area contributed by atoms with E-state index in [1.807, 2.05) is 0 Å². The molecule has 1 saturated carbocycles. The number of carbonyl (C=O) groups excluding carboxylic acids is 3. The Hall–Kier alpha value is -3.99. The second-order valence-corrected chi connectivity index (χ2v) is 10.1. The smallest absolute Gasteiger partial charge is 0.252 e. The van der Waals surface area contributed by atoms with E-state index in [4.69, 9.17) is 11.6 Å². The average molecular weight is 591 g/mol. The van der Waals surface area contributed by atoms with Crippen molar-refractivity contribution >= 4 is 40.8 Å². The predicted molar refractivity (Wildman–Crippen MR) is 146 cm³/mol. The van der Waals surface area contributed by atoms with Crippen molar-refractivity contribution in [2.45, 2.75) is 57.2 Å². The third kappa shape index (κ3) is 6.19. The van der Waals surface area contributed by atoms with Crippen LogP contribution in [0.15, 0.2) is 66.9 Å². The first-order valence-electron chi connectivity index (χ1n) is 12.5. The van der Waals surface area contributed by atoms with Gasteiger partial charge in [0.05, 0.1) is 6.20 Å². The van der Waals surface area contributed by atoms with Crippen LogP contribution in [-0.2, 0) is 14.4 Å². The molecule has 2 fully saturated rings. The van der Waals surface area contributed by atoms with Gasteiger partial charge >= 0.3 is 0 Å². The van der Waals surface area contributed by atoms with Crippen molar-refractivity contribution in [3.63, 3.8) is 0 Å². The highest BCUT2D eigenvalue weighted by molar-refractivity contribution is 6.31. The molecule has 2 aliphatic rings. The van der Waals surface area contributed by atoms with Crippen molar-refractivity contribution in [1.29, 1.82) is 0 Å². The summed E-state index contributed by atoms with van der Waals surface area (Å²) in [5, 5.41) is 2.67. The van der Waals surface area contributed by atoms with Crippen LogP contribution >= 0.6 is 11.6 Å². The van der Waals surface area contributed by atoms with Gasteiger partial charge < -0.3 is 5.32 Å². The van der Waals surface area contributed by atoms with E-state index in [0.29, 0.717) is 0 Å². The third-order valence-corrected chi connectivity index (χ3v) is 7.27. The number of benzene rings is 2. The number of amides is 3. The number of anilines is 2. The first kappa shape index (κ1) is 30.0. The standard InChI is InChI=1S/C28H23ClF4N4O3.CH4/c29-21-7-2-1-6-20(21)25(26(39)35-18-13-28(32,33)14-18)36(19-5-3-4-16(30)12-19)27(40)22-9-11-24(38)37(22)23-10-8-17(31)15-34-23;/h1-8,10,12,15,18,22,25H,9,11,13-14H2,(H,35,39);1H4/t22-,25-;/m0./s1. The van der Waals surface area contributed by atoms with E-state index in [2.05, 4.69) is 10.3 Å². The van der Waals surface area contributed by atoms with E-state index < -0.39 is 66.2 Å². The molecule has 1 aliphatic carbocycles. The normalized spacial score (nSPS) is 18.7. The van der Waals surface area contributed by atoms with Gasteiger partial charge in [-0.1, -0.05) is 43.3 Å². The second kappa shape index (κ2) is 11.9. The van der Waals surface area contributed by atoms with E-state index >= 15 is 0 Å². The minimum atomic E-state index is -2.91. The Kier molecular flexibility index (Phi) is 8.67. The monoisotopic (exact) mass is 590 g/mol. The minimum absolute atomic E-state index is 0. The molecule has 216 valence electrons. The molecule has 0 unspecified atom stereocenters. The van der Waals surface area contributed by atoms with Gasteiger partial charge in [0.15, 0.2) is 0 Å². The minimum Gasteiger partial charge on any atom is -0.351 e. The molecular formula is C29H27ClF4N4O3. The molecule has 1 aromatic heterocycles. The average Bonchev–Trinajstić information content (AvgIpc) is 3.28. The molecule has 12 heteroatoms. The van der Waals surface area contributed by atoms with Crippen LogP contribution < -0.4 is 15.1 Å². The van der Waals surface area contributed by atoms with Crippen LogP contribution in [0.5, 0.6) is 0 Å². The summed E-state index contributed by atoms with van der Waals surface area (Å²) in [5.74, 6) is -6.25. The lowest BCUT2D eigenvalue weighted by atomic mass is 9.87. The number of hydrogen-bond acceptors (Lipinski definition) is 4. The van der Waals surface area contributed by atoms with Crippen molar-refractivity contribution in [2.24, 2.45) is 0 Å². The SMILES string of the molecule is C.O=C(NC1CC(F)(F)C1)[C@H](c1ccccc1Cl)N(C(=O)[C@@H]1CCC(=O)N1c1ccc(F)cn1)c1cccc(F)c1. The maximum atomic E-state index is 14.5. The summed E-state index contributed by atoms with van der Waals surface area (Å²) >= 11 is 6.46. The highest BCUT2D eigenvalue weighted by Crippen LogP contribution is 2.39. The maximum absolute atomic E-state index is 14.5. The third-order valence-electron chi connectivity index (χ3n) is 6.92. The van der Waals surface area contributed by atoms with E-state index in [-0.39, 0.29) is 42.4 Å². The summed E-state index contributed by atoms with van der Waals surface area (Å²) in [6.45, 7) is 0. The molecule has 1 aliphatic heterocycles. The molecule has 2 atom stereocenters. The van der Waals surface area contributed by atoms with Crippen molar-refractivity contribution in [1.82, 2.24) is 10.3 Å². The molecular weight excluding hydrogens is 564 g/mol. The Bertz CT molecular complexity index is 1450. The molecule has 7 nitrogen and oxygen atoms in total. The quantitative estimate of drug-likeness (QED) is 0.351. The number of carbonyl (C=O) groups is 3. The van der Waals surface area contributed by atoms with Crippen LogP contribution in [0.3, 0.4) is 0 Å². The summed E-state index contributed by atoms with van der Waals surface area (Å²) in [6.07, 6.45) is -0.228. The molecule has 0 spiro atoms. The van der Waals surface area contributed by atoms with Crippen LogP contribution in [0.4, 0.5) is 29.1 Å². The summed E-state index contributed by atoms with van der Waals surface area (Å²) in [4.78, 5) is 47.0. The van der Waals surface area contributed by atoms with Gasteiger partial charge in [0, 0.05) is 41.6 Å². The Morgan fingerprint density at radius 1 is 1.05 bits per heavy atom. The molecule has 0 radical (unpaired) electrons. The first-order valence-corrected chi connectivity index (χ1v) is 12.9. The zero-order valence-corrected chi connectivity index (χ0v) is 21.6. The van der Waals surface area contributed by atoms with Gasteiger partial charge in [-0.2, -0.15) is 0 Å². The molecule has 5 rings (SSSR count). The molecule has 1 N–H and O–H groups in total. The van der Waals surface area contributed by atoms with Crippen molar-refractivity contribution in [3.05, 3.63) is 89.1 Å². The van der Waals surface area contributed by atoms with E-state index in [9.17, 15) is 31.9 Å². The number of pyridine rings is 1. The Balaban J connectivity index is 0.00000387. The van der Waals surface area contributed by atoms with Gasteiger partial charge in [-0.3, -0.25) is 24.2 Å².